The van der Waals surface area contributed by atoms with E-state index in [2.05, 4.69) is 62.1 Å². The van der Waals surface area contributed by atoms with E-state index in [0.29, 0.717) is 10.8 Å². The molecule has 106 valence electrons. The van der Waals surface area contributed by atoms with Crippen molar-refractivity contribution in [2.75, 3.05) is 12.3 Å². The van der Waals surface area contributed by atoms with Crippen LogP contribution in [0.2, 0.25) is 0 Å². The molecule has 1 saturated heterocycles. The topological polar surface area (TPSA) is 12.0 Å². The molecule has 0 saturated carbocycles. The van der Waals surface area contributed by atoms with Crippen LogP contribution in [-0.4, -0.2) is 17.0 Å². The number of thioether (sulfide) groups is 1. The lowest BCUT2D eigenvalue weighted by molar-refractivity contribution is 0.421. The molecule has 0 bridgehead atoms. The Balaban J connectivity index is 2.25. The van der Waals surface area contributed by atoms with Crippen molar-refractivity contribution >= 4 is 11.8 Å². The zero-order valence-electron chi connectivity index (χ0n) is 12.5. The first kappa shape index (κ1) is 14.9. The molecule has 0 spiro atoms. The Morgan fingerprint density at radius 1 is 1.37 bits per heavy atom. The van der Waals surface area contributed by atoms with Crippen molar-refractivity contribution in [3.8, 4) is 0 Å². The second kappa shape index (κ2) is 6.81. The van der Waals surface area contributed by atoms with Crippen molar-refractivity contribution in [2.24, 2.45) is 0 Å². The van der Waals surface area contributed by atoms with Gasteiger partial charge in [-0.15, -0.1) is 0 Å². The van der Waals surface area contributed by atoms with Crippen LogP contribution >= 0.6 is 11.8 Å². The molecular weight excluding hydrogens is 250 g/mol. The Labute approximate surface area is 122 Å². The molecule has 1 fully saturated rings. The van der Waals surface area contributed by atoms with Crippen LogP contribution in [0.1, 0.15) is 57.2 Å². The SMILES string of the molecule is CCCc1cccc(C(NCC)C2(C)CCCS2)c1. The summed E-state index contributed by atoms with van der Waals surface area (Å²) in [6.07, 6.45) is 5.10. The van der Waals surface area contributed by atoms with Crippen LogP contribution in [0.5, 0.6) is 0 Å². The fourth-order valence-corrected chi connectivity index (χ4v) is 4.57. The first-order chi connectivity index (χ1) is 9.19. The van der Waals surface area contributed by atoms with E-state index in [1.807, 2.05) is 0 Å². The maximum atomic E-state index is 3.73. The average Bonchev–Trinajstić information content (AvgIpc) is 2.84. The number of hydrogen-bond donors (Lipinski definition) is 1. The summed E-state index contributed by atoms with van der Waals surface area (Å²) in [6.45, 7) is 7.94. The summed E-state index contributed by atoms with van der Waals surface area (Å²) in [6, 6.07) is 9.70. The maximum absolute atomic E-state index is 3.73. The normalized spacial score (nSPS) is 24.6. The maximum Gasteiger partial charge on any atom is 0.0466 e. The van der Waals surface area contributed by atoms with Gasteiger partial charge in [-0.25, -0.2) is 0 Å². The minimum atomic E-state index is 0.362. The third-order valence-corrected chi connectivity index (χ3v) is 5.68. The summed E-state index contributed by atoms with van der Waals surface area (Å²) in [5.41, 5.74) is 2.96. The highest BCUT2D eigenvalue weighted by atomic mass is 32.2. The molecular formula is C17H27NS. The van der Waals surface area contributed by atoms with E-state index in [0.717, 1.165) is 6.54 Å². The van der Waals surface area contributed by atoms with Gasteiger partial charge in [-0.05, 0) is 49.6 Å². The Hall–Kier alpha value is -0.470. The lowest BCUT2D eigenvalue weighted by atomic mass is 9.89. The van der Waals surface area contributed by atoms with Gasteiger partial charge in [0.1, 0.15) is 0 Å². The third kappa shape index (κ3) is 3.55. The fourth-order valence-electron chi connectivity index (χ4n) is 3.14. The standard InChI is InChI=1S/C17H27NS/c1-4-8-14-9-6-10-15(13-14)16(18-5-2)17(3)11-7-12-19-17/h6,9-10,13,16,18H,4-5,7-8,11-12H2,1-3H3. The molecule has 1 aliphatic heterocycles. The molecule has 1 heterocycles. The van der Waals surface area contributed by atoms with Crippen molar-refractivity contribution in [1.82, 2.24) is 5.32 Å². The smallest absolute Gasteiger partial charge is 0.0466 e. The molecule has 2 rings (SSSR count). The minimum absolute atomic E-state index is 0.362. The van der Waals surface area contributed by atoms with Crippen molar-refractivity contribution in [2.45, 2.75) is 57.2 Å². The molecule has 0 amide bonds. The summed E-state index contributed by atoms with van der Waals surface area (Å²) in [5.74, 6) is 1.31. The van der Waals surface area contributed by atoms with Crippen LogP contribution in [0, 0.1) is 0 Å². The van der Waals surface area contributed by atoms with Gasteiger partial charge in [0.25, 0.3) is 0 Å². The van der Waals surface area contributed by atoms with Crippen molar-refractivity contribution in [3.63, 3.8) is 0 Å². The molecule has 2 unspecified atom stereocenters. The molecule has 2 heteroatoms. The first-order valence-corrected chi connectivity index (χ1v) is 8.64. The summed E-state index contributed by atoms with van der Waals surface area (Å²) >= 11 is 2.14. The molecule has 0 aromatic heterocycles. The predicted molar refractivity (Wildman–Crippen MR) is 87.0 cm³/mol. The van der Waals surface area contributed by atoms with Crippen LogP contribution in [0.25, 0.3) is 0 Å². The van der Waals surface area contributed by atoms with Gasteiger partial charge in [-0.2, -0.15) is 11.8 Å². The molecule has 1 N–H and O–H groups in total. The predicted octanol–water partition coefficient (Wildman–Crippen LogP) is 4.58. The van der Waals surface area contributed by atoms with Gasteiger partial charge in [-0.3, -0.25) is 0 Å². The highest BCUT2D eigenvalue weighted by Gasteiger charge is 2.38. The molecule has 1 aromatic rings. The quantitative estimate of drug-likeness (QED) is 0.817. The summed E-state index contributed by atoms with van der Waals surface area (Å²) in [7, 11) is 0. The van der Waals surface area contributed by atoms with Gasteiger partial charge in [0.05, 0.1) is 0 Å². The lowest BCUT2D eigenvalue weighted by Gasteiger charge is -2.34. The highest BCUT2D eigenvalue weighted by Crippen LogP contribution is 2.46. The molecule has 1 aliphatic rings. The van der Waals surface area contributed by atoms with Crippen LogP contribution in [0.4, 0.5) is 0 Å². The van der Waals surface area contributed by atoms with E-state index < -0.39 is 0 Å². The second-order valence-electron chi connectivity index (χ2n) is 5.75. The van der Waals surface area contributed by atoms with Gasteiger partial charge >= 0.3 is 0 Å². The van der Waals surface area contributed by atoms with E-state index in [-0.39, 0.29) is 0 Å². The van der Waals surface area contributed by atoms with Crippen LogP contribution in [-0.2, 0) is 6.42 Å². The largest absolute Gasteiger partial charge is 0.309 e. The monoisotopic (exact) mass is 277 g/mol. The van der Waals surface area contributed by atoms with Gasteiger partial charge in [0, 0.05) is 10.8 Å². The third-order valence-electron chi connectivity index (χ3n) is 4.09. The number of aryl methyl sites for hydroxylation is 1. The first-order valence-electron chi connectivity index (χ1n) is 7.66. The lowest BCUT2D eigenvalue weighted by Crippen LogP contribution is -2.37. The molecule has 2 atom stereocenters. The van der Waals surface area contributed by atoms with Crippen molar-refractivity contribution < 1.29 is 0 Å². The summed E-state index contributed by atoms with van der Waals surface area (Å²) in [5, 5.41) is 3.73. The molecule has 19 heavy (non-hydrogen) atoms. The second-order valence-corrected chi connectivity index (χ2v) is 7.38. The van der Waals surface area contributed by atoms with Gasteiger partial charge in [0.15, 0.2) is 0 Å². The zero-order chi connectivity index (χ0) is 13.7. The van der Waals surface area contributed by atoms with Crippen molar-refractivity contribution in [3.05, 3.63) is 35.4 Å². The number of nitrogens with one attached hydrogen (secondary N) is 1. The molecule has 1 aromatic carbocycles. The molecule has 0 radical (unpaired) electrons. The van der Waals surface area contributed by atoms with Crippen LogP contribution in [0.3, 0.4) is 0 Å². The van der Waals surface area contributed by atoms with Gasteiger partial charge in [0.2, 0.25) is 0 Å². The summed E-state index contributed by atoms with van der Waals surface area (Å²) < 4.78 is 0.362. The van der Waals surface area contributed by atoms with E-state index >= 15 is 0 Å². The number of hydrogen-bond acceptors (Lipinski definition) is 2. The molecule has 1 nitrogen and oxygen atoms in total. The number of benzene rings is 1. The van der Waals surface area contributed by atoms with Gasteiger partial charge in [-0.1, -0.05) is 44.5 Å². The fraction of sp³-hybridized carbons (Fsp3) is 0.647. The van der Waals surface area contributed by atoms with E-state index in [9.17, 15) is 0 Å². The minimum Gasteiger partial charge on any atom is -0.309 e. The zero-order valence-corrected chi connectivity index (χ0v) is 13.4. The van der Waals surface area contributed by atoms with E-state index in [1.165, 1.54) is 42.6 Å². The van der Waals surface area contributed by atoms with Crippen molar-refractivity contribution in [1.29, 1.82) is 0 Å². The van der Waals surface area contributed by atoms with Crippen LogP contribution in [0.15, 0.2) is 24.3 Å². The van der Waals surface area contributed by atoms with E-state index in [4.69, 9.17) is 0 Å². The Bertz CT molecular complexity index is 396. The average molecular weight is 277 g/mol. The van der Waals surface area contributed by atoms with Gasteiger partial charge < -0.3 is 5.32 Å². The highest BCUT2D eigenvalue weighted by molar-refractivity contribution is 8.00. The number of rotatable bonds is 6. The Kier molecular flexibility index (Phi) is 5.35. The Morgan fingerprint density at radius 2 is 2.21 bits per heavy atom. The Morgan fingerprint density at radius 3 is 2.84 bits per heavy atom. The summed E-state index contributed by atoms with van der Waals surface area (Å²) in [4.78, 5) is 0. The van der Waals surface area contributed by atoms with E-state index in [1.54, 1.807) is 0 Å². The van der Waals surface area contributed by atoms with Crippen LogP contribution < -0.4 is 5.32 Å². The molecule has 0 aliphatic carbocycles.